The Labute approximate surface area is 123 Å². The first-order valence-corrected chi connectivity index (χ1v) is 6.93. The maximum atomic E-state index is 11.8. The molecule has 0 radical (unpaired) electrons. The second kappa shape index (κ2) is 6.33. The van der Waals surface area contributed by atoms with Crippen LogP contribution in [0.15, 0.2) is 40.8 Å². The number of hydrogen-bond donors (Lipinski definition) is 1. The zero-order valence-electron chi connectivity index (χ0n) is 10.3. The van der Waals surface area contributed by atoms with Gasteiger partial charge in [0.05, 0.1) is 6.07 Å². The molecule has 0 spiro atoms. The van der Waals surface area contributed by atoms with Crippen LogP contribution in [0.3, 0.4) is 0 Å². The van der Waals surface area contributed by atoms with Crippen molar-refractivity contribution in [2.45, 2.75) is 6.42 Å². The molecule has 2 aromatic rings. The molecule has 1 heterocycles. The monoisotopic (exact) mass is 338 g/mol. The van der Waals surface area contributed by atoms with Crippen LogP contribution in [0.2, 0.25) is 0 Å². The predicted octanol–water partition coefficient (Wildman–Crippen LogP) is 3.38. The predicted molar refractivity (Wildman–Crippen MR) is 77.3 cm³/mol. The highest BCUT2D eigenvalue weighted by atomic mass is 79.9. The summed E-state index contributed by atoms with van der Waals surface area (Å²) in [6, 6.07) is 9.77. The minimum Gasteiger partial charge on any atom is -0.395 e. The molecule has 1 aromatic heterocycles. The summed E-state index contributed by atoms with van der Waals surface area (Å²) in [5.41, 5.74) is 1.75. The number of rotatable bonds is 5. The standard InChI is InChI=1S/C13H11BrN2O4/c14-8-7-9-1-3-10(4-2-9)15-13(17)11-5-6-12(20-11)16(18)19/h1-6H,7-8H2,(H,15,17). The van der Waals surface area contributed by atoms with E-state index in [1.54, 1.807) is 12.1 Å². The molecule has 6 nitrogen and oxygen atoms in total. The summed E-state index contributed by atoms with van der Waals surface area (Å²) in [5, 5.41) is 14.0. The second-order valence-corrected chi connectivity index (χ2v) is 4.78. The molecule has 0 saturated heterocycles. The summed E-state index contributed by atoms with van der Waals surface area (Å²) in [7, 11) is 0. The lowest BCUT2D eigenvalue weighted by atomic mass is 10.1. The highest BCUT2D eigenvalue weighted by molar-refractivity contribution is 9.09. The van der Waals surface area contributed by atoms with Crippen molar-refractivity contribution in [3.05, 3.63) is 57.8 Å². The molecule has 0 fully saturated rings. The van der Waals surface area contributed by atoms with Crippen molar-refractivity contribution < 1.29 is 14.1 Å². The molecule has 0 aliphatic carbocycles. The Morgan fingerprint density at radius 2 is 1.95 bits per heavy atom. The van der Waals surface area contributed by atoms with Gasteiger partial charge in [-0.3, -0.25) is 14.9 Å². The van der Waals surface area contributed by atoms with E-state index in [4.69, 9.17) is 4.42 Å². The zero-order chi connectivity index (χ0) is 14.5. The molecule has 0 aliphatic heterocycles. The van der Waals surface area contributed by atoms with Gasteiger partial charge in [0.1, 0.15) is 4.92 Å². The van der Waals surface area contributed by atoms with E-state index in [0.29, 0.717) is 5.69 Å². The van der Waals surface area contributed by atoms with E-state index in [9.17, 15) is 14.9 Å². The van der Waals surface area contributed by atoms with E-state index >= 15 is 0 Å². The third-order valence-corrected chi connectivity index (χ3v) is 2.99. The van der Waals surface area contributed by atoms with Crippen LogP contribution >= 0.6 is 15.9 Å². The topological polar surface area (TPSA) is 85.4 Å². The molecule has 0 unspecified atom stereocenters. The lowest BCUT2D eigenvalue weighted by Gasteiger charge is -2.04. The van der Waals surface area contributed by atoms with Gasteiger partial charge in [0.2, 0.25) is 0 Å². The van der Waals surface area contributed by atoms with Gasteiger partial charge in [-0.2, -0.15) is 0 Å². The second-order valence-electron chi connectivity index (χ2n) is 3.99. The van der Waals surface area contributed by atoms with Crippen LogP contribution in [0.25, 0.3) is 0 Å². The number of anilines is 1. The van der Waals surface area contributed by atoms with Crippen LogP contribution in [-0.2, 0) is 6.42 Å². The van der Waals surface area contributed by atoms with Crippen molar-refractivity contribution in [2.75, 3.05) is 10.6 Å². The summed E-state index contributed by atoms with van der Waals surface area (Å²) in [6.07, 6.45) is 0.901. The first-order valence-electron chi connectivity index (χ1n) is 5.80. The van der Waals surface area contributed by atoms with Crippen LogP contribution in [-0.4, -0.2) is 16.2 Å². The van der Waals surface area contributed by atoms with Crippen LogP contribution in [0.5, 0.6) is 0 Å². The van der Waals surface area contributed by atoms with Gasteiger partial charge in [-0.05, 0) is 30.2 Å². The fourth-order valence-electron chi connectivity index (χ4n) is 1.60. The number of nitrogens with one attached hydrogen (secondary N) is 1. The fraction of sp³-hybridized carbons (Fsp3) is 0.154. The zero-order valence-corrected chi connectivity index (χ0v) is 11.9. The summed E-state index contributed by atoms with van der Waals surface area (Å²) >= 11 is 3.35. The molecule has 1 N–H and O–H groups in total. The lowest BCUT2D eigenvalue weighted by molar-refractivity contribution is -0.402. The molecule has 0 aliphatic rings. The van der Waals surface area contributed by atoms with Crippen molar-refractivity contribution in [3.8, 4) is 0 Å². The molecule has 20 heavy (non-hydrogen) atoms. The summed E-state index contributed by atoms with van der Waals surface area (Å²) in [5.74, 6) is -1.07. The number of nitrogens with zero attached hydrogens (tertiary/aromatic N) is 1. The third kappa shape index (κ3) is 3.45. The van der Waals surface area contributed by atoms with E-state index in [2.05, 4.69) is 21.2 Å². The number of carbonyl (C=O) groups excluding carboxylic acids is 1. The Hall–Kier alpha value is -2.15. The summed E-state index contributed by atoms with van der Waals surface area (Å²) in [6.45, 7) is 0. The first-order chi connectivity index (χ1) is 9.60. The largest absolute Gasteiger partial charge is 0.433 e. The van der Waals surface area contributed by atoms with Crippen LogP contribution in [0.1, 0.15) is 16.1 Å². The van der Waals surface area contributed by atoms with Crippen molar-refractivity contribution >= 4 is 33.4 Å². The number of amides is 1. The van der Waals surface area contributed by atoms with E-state index in [1.165, 1.54) is 6.07 Å². The maximum absolute atomic E-state index is 11.8. The molecular weight excluding hydrogens is 328 g/mol. The van der Waals surface area contributed by atoms with Gasteiger partial charge < -0.3 is 9.73 Å². The number of hydrogen-bond acceptors (Lipinski definition) is 4. The molecule has 0 bridgehead atoms. The number of carbonyl (C=O) groups is 1. The normalized spacial score (nSPS) is 10.2. The van der Waals surface area contributed by atoms with Crippen molar-refractivity contribution in [1.29, 1.82) is 0 Å². The highest BCUT2D eigenvalue weighted by Gasteiger charge is 2.17. The highest BCUT2D eigenvalue weighted by Crippen LogP contribution is 2.17. The molecule has 0 saturated carbocycles. The Kier molecular flexibility index (Phi) is 4.52. The van der Waals surface area contributed by atoms with Crippen LogP contribution < -0.4 is 5.32 Å². The van der Waals surface area contributed by atoms with Crippen molar-refractivity contribution in [3.63, 3.8) is 0 Å². The number of halogens is 1. The SMILES string of the molecule is O=C(Nc1ccc(CCBr)cc1)c1ccc([N+](=O)[O-])o1. The lowest BCUT2D eigenvalue weighted by Crippen LogP contribution is -2.10. The van der Waals surface area contributed by atoms with Gasteiger partial charge in [0.25, 0.3) is 5.91 Å². The van der Waals surface area contributed by atoms with Gasteiger partial charge in [0.15, 0.2) is 5.76 Å². The van der Waals surface area contributed by atoms with Gasteiger partial charge in [-0.1, -0.05) is 28.1 Å². The number of benzene rings is 1. The summed E-state index contributed by atoms with van der Waals surface area (Å²) < 4.78 is 4.82. The molecule has 104 valence electrons. The Morgan fingerprint density at radius 1 is 1.25 bits per heavy atom. The quantitative estimate of drug-likeness (QED) is 0.514. The number of nitro groups is 1. The third-order valence-electron chi connectivity index (χ3n) is 2.59. The molecule has 0 atom stereocenters. The van der Waals surface area contributed by atoms with Gasteiger partial charge in [-0.25, -0.2) is 0 Å². The number of alkyl halides is 1. The maximum Gasteiger partial charge on any atom is 0.433 e. The number of aryl methyl sites for hydroxylation is 1. The van der Waals surface area contributed by atoms with Gasteiger partial charge in [-0.15, -0.1) is 0 Å². The summed E-state index contributed by atoms with van der Waals surface area (Å²) in [4.78, 5) is 21.6. The Balaban J connectivity index is 2.04. The van der Waals surface area contributed by atoms with E-state index in [0.717, 1.165) is 23.4 Å². The number of furan rings is 1. The molecule has 1 amide bonds. The van der Waals surface area contributed by atoms with Crippen molar-refractivity contribution in [2.24, 2.45) is 0 Å². The van der Waals surface area contributed by atoms with E-state index in [1.807, 2.05) is 12.1 Å². The Morgan fingerprint density at radius 3 is 2.50 bits per heavy atom. The van der Waals surface area contributed by atoms with E-state index < -0.39 is 16.7 Å². The minimum absolute atomic E-state index is 0.0961. The minimum atomic E-state index is -0.689. The fourth-order valence-corrected chi connectivity index (χ4v) is 2.06. The van der Waals surface area contributed by atoms with Gasteiger partial charge >= 0.3 is 5.88 Å². The average molecular weight is 339 g/mol. The van der Waals surface area contributed by atoms with E-state index in [-0.39, 0.29) is 5.76 Å². The van der Waals surface area contributed by atoms with Crippen LogP contribution in [0, 0.1) is 10.1 Å². The average Bonchev–Trinajstić information content (AvgIpc) is 2.91. The molecular formula is C13H11BrN2O4. The smallest absolute Gasteiger partial charge is 0.395 e. The van der Waals surface area contributed by atoms with Crippen molar-refractivity contribution in [1.82, 2.24) is 0 Å². The van der Waals surface area contributed by atoms with Crippen LogP contribution in [0.4, 0.5) is 11.6 Å². The molecule has 1 aromatic carbocycles. The van der Waals surface area contributed by atoms with Gasteiger partial charge in [0, 0.05) is 11.0 Å². The first kappa shape index (κ1) is 14.3. The molecule has 2 rings (SSSR count). The Bertz CT molecular complexity index is 622. The molecule has 7 heteroatoms.